The van der Waals surface area contributed by atoms with Gasteiger partial charge in [-0.25, -0.2) is 4.98 Å². The van der Waals surface area contributed by atoms with Crippen molar-refractivity contribution in [1.29, 1.82) is 0 Å². The number of carboxylic acid groups (broad SMARTS) is 1. The maximum atomic E-state index is 11.8. The van der Waals surface area contributed by atoms with E-state index in [-0.39, 0.29) is 18.9 Å². The van der Waals surface area contributed by atoms with Crippen molar-refractivity contribution in [3.8, 4) is 0 Å². The zero-order chi connectivity index (χ0) is 14.4. The number of carbonyl (C=O) groups excluding carboxylic acids is 1. The van der Waals surface area contributed by atoms with Gasteiger partial charge in [-0.15, -0.1) is 0 Å². The number of nitrogens with zero attached hydrogens (tertiary/aromatic N) is 3. The summed E-state index contributed by atoms with van der Waals surface area (Å²) < 4.78 is 1.58. The SMILES string of the molecule is O=C(CCn1cncn1)NCC1(C(=O)O)CCCCC1. The molecular weight excluding hydrogens is 260 g/mol. The lowest BCUT2D eigenvalue weighted by Gasteiger charge is -2.33. The molecule has 7 nitrogen and oxygen atoms in total. The van der Waals surface area contributed by atoms with Gasteiger partial charge < -0.3 is 10.4 Å². The Kier molecular flexibility index (Phi) is 4.70. The minimum absolute atomic E-state index is 0.147. The first-order chi connectivity index (χ1) is 9.62. The van der Waals surface area contributed by atoms with Crippen molar-refractivity contribution in [2.75, 3.05) is 6.54 Å². The van der Waals surface area contributed by atoms with Crippen LogP contribution in [-0.4, -0.2) is 38.3 Å². The smallest absolute Gasteiger partial charge is 0.311 e. The van der Waals surface area contributed by atoms with E-state index in [9.17, 15) is 14.7 Å². The molecule has 0 atom stereocenters. The molecule has 0 radical (unpaired) electrons. The molecule has 0 bridgehead atoms. The van der Waals surface area contributed by atoms with E-state index in [4.69, 9.17) is 0 Å². The Balaban J connectivity index is 1.80. The van der Waals surface area contributed by atoms with Crippen molar-refractivity contribution in [1.82, 2.24) is 20.1 Å². The molecule has 1 aliphatic rings. The highest BCUT2D eigenvalue weighted by atomic mass is 16.4. The van der Waals surface area contributed by atoms with Crippen LogP contribution >= 0.6 is 0 Å². The van der Waals surface area contributed by atoms with E-state index in [0.717, 1.165) is 19.3 Å². The Labute approximate surface area is 117 Å². The van der Waals surface area contributed by atoms with Crippen LogP contribution in [0.3, 0.4) is 0 Å². The van der Waals surface area contributed by atoms with E-state index in [1.807, 2.05) is 0 Å². The fraction of sp³-hybridized carbons (Fsp3) is 0.692. The van der Waals surface area contributed by atoms with E-state index >= 15 is 0 Å². The third-order valence-corrected chi connectivity index (χ3v) is 3.92. The summed E-state index contributed by atoms with van der Waals surface area (Å²) in [5.74, 6) is -0.944. The second-order valence-corrected chi connectivity index (χ2v) is 5.33. The van der Waals surface area contributed by atoms with Gasteiger partial charge in [0.05, 0.1) is 12.0 Å². The third kappa shape index (κ3) is 3.55. The molecule has 1 saturated carbocycles. The lowest BCUT2D eigenvalue weighted by atomic mass is 9.74. The van der Waals surface area contributed by atoms with Crippen molar-refractivity contribution < 1.29 is 14.7 Å². The first-order valence-electron chi connectivity index (χ1n) is 6.95. The Bertz CT molecular complexity index is 452. The number of aromatic nitrogens is 3. The number of aryl methyl sites for hydroxylation is 1. The molecule has 0 unspecified atom stereocenters. The highest BCUT2D eigenvalue weighted by molar-refractivity contribution is 5.79. The van der Waals surface area contributed by atoms with E-state index in [0.29, 0.717) is 19.4 Å². The molecule has 1 aliphatic carbocycles. The summed E-state index contributed by atoms with van der Waals surface area (Å²) in [6.07, 6.45) is 7.44. The summed E-state index contributed by atoms with van der Waals surface area (Å²) >= 11 is 0. The average molecular weight is 280 g/mol. The summed E-state index contributed by atoms with van der Waals surface area (Å²) in [6, 6.07) is 0. The van der Waals surface area contributed by atoms with Gasteiger partial charge in [0, 0.05) is 13.0 Å². The molecule has 1 amide bonds. The molecule has 1 heterocycles. The van der Waals surface area contributed by atoms with Crippen LogP contribution in [0.5, 0.6) is 0 Å². The van der Waals surface area contributed by atoms with Crippen LogP contribution < -0.4 is 5.32 Å². The predicted octanol–water partition coefficient (Wildman–Crippen LogP) is 0.819. The Morgan fingerprint density at radius 3 is 2.65 bits per heavy atom. The number of aliphatic carboxylic acids is 1. The maximum absolute atomic E-state index is 11.8. The first-order valence-corrected chi connectivity index (χ1v) is 6.95. The topological polar surface area (TPSA) is 97.1 Å². The van der Waals surface area contributed by atoms with Gasteiger partial charge >= 0.3 is 5.97 Å². The van der Waals surface area contributed by atoms with Crippen LogP contribution in [0.4, 0.5) is 0 Å². The van der Waals surface area contributed by atoms with Gasteiger partial charge in [-0.2, -0.15) is 5.10 Å². The minimum atomic E-state index is -0.797. The number of nitrogens with one attached hydrogen (secondary N) is 1. The number of carboxylic acids is 1. The molecule has 1 aromatic rings. The quantitative estimate of drug-likeness (QED) is 0.804. The zero-order valence-electron chi connectivity index (χ0n) is 11.4. The number of hydrogen-bond donors (Lipinski definition) is 2. The fourth-order valence-corrected chi connectivity index (χ4v) is 2.62. The molecule has 0 saturated heterocycles. The van der Waals surface area contributed by atoms with E-state index in [2.05, 4.69) is 15.4 Å². The Morgan fingerprint density at radius 1 is 1.30 bits per heavy atom. The van der Waals surface area contributed by atoms with Gasteiger partial charge in [-0.3, -0.25) is 14.3 Å². The average Bonchev–Trinajstić information content (AvgIpc) is 2.97. The second-order valence-electron chi connectivity index (χ2n) is 5.33. The van der Waals surface area contributed by atoms with Crippen molar-refractivity contribution in [3.05, 3.63) is 12.7 Å². The van der Waals surface area contributed by atoms with E-state index in [1.54, 1.807) is 11.0 Å². The normalized spacial score (nSPS) is 17.6. The zero-order valence-corrected chi connectivity index (χ0v) is 11.4. The summed E-state index contributed by atoms with van der Waals surface area (Å²) in [4.78, 5) is 27.0. The van der Waals surface area contributed by atoms with Crippen LogP contribution in [0.25, 0.3) is 0 Å². The Morgan fingerprint density at radius 2 is 2.05 bits per heavy atom. The number of amides is 1. The van der Waals surface area contributed by atoms with Gasteiger partial charge in [0.15, 0.2) is 0 Å². The van der Waals surface area contributed by atoms with Crippen molar-refractivity contribution in [3.63, 3.8) is 0 Å². The van der Waals surface area contributed by atoms with Crippen LogP contribution in [0.1, 0.15) is 38.5 Å². The molecule has 1 fully saturated rings. The number of carbonyl (C=O) groups is 2. The first kappa shape index (κ1) is 14.5. The molecule has 0 spiro atoms. The van der Waals surface area contributed by atoms with Crippen molar-refractivity contribution in [2.45, 2.75) is 45.1 Å². The molecule has 0 aromatic carbocycles. The van der Waals surface area contributed by atoms with Crippen LogP contribution in [0.15, 0.2) is 12.7 Å². The van der Waals surface area contributed by atoms with Crippen molar-refractivity contribution in [2.24, 2.45) is 5.41 Å². The molecule has 20 heavy (non-hydrogen) atoms. The molecule has 110 valence electrons. The lowest BCUT2D eigenvalue weighted by Crippen LogP contribution is -2.44. The molecule has 2 N–H and O–H groups in total. The highest BCUT2D eigenvalue weighted by Crippen LogP contribution is 2.35. The molecule has 7 heteroatoms. The highest BCUT2D eigenvalue weighted by Gasteiger charge is 2.39. The van der Waals surface area contributed by atoms with Crippen LogP contribution in [0, 0.1) is 5.41 Å². The van der Waals surface area contributed by atoms with Crippen molar-refractivity contribution >= 4 is 11.9 Å². The minimum Gasteiger partial charge on any atom is -0.481 e. The van der Waals surface area contributed by atoms with E-state index < -0.39 is 11.4 Å². The second kappa shape index (κ2) is 6.49. The van der Waals surface area contributed by atoms with Gasteiger partial charge in [0.2, 0.25) is 5.91 Å². The van der Waals surface area contributed by atoms with Crippen LogP contribution in [0.2, 0.25) is 0 Å². The summed E-state index contributed by atoms with van der Waals surface area (Å²) in [5, 5.41) is 16.1. The van der Waals surface area contributed by atoms with Gasteiger partial charge in [0.1, 0.15) is 12.7 Å². The number of rotatable bonds is 6. The van der Waals surface area contributed by atoms with Gasteiger partial charge in [0.25, 0.3) is 0 Å². The predicted molar refractivity (Wildman–Crippen MR) is 70.8 cm³/mol. The summed E-state index contributed by atoms with van der Waals surface area (Å²) in [6.45, 7) is 0.671. The molecular formula is C13H20N4O3. The number of hydrogen-bond acceptors (Lipinski definition) is 4. The van der Waals surface area contributed by atoms with Crippen LogP contribution in [-0.2, 0) is 16.1 Å². The monoisotopic (exact) mass is 280 g/mol. The summed E-state index contributed by atoms with van der Waals surface area (Å²) in [7, 11) is 0. The largest absolute Gasteiger partial charge is 0.481 e. The standard InChI is InChI=1S/C13H20N4O3/c18-11(4-7-17-10-14-9-16-17)15-8-13(12(19)20)5-2-1-3-6-13/h9-10H,1-8H2,(H,15,18)(H,19,20). The third-order valence-electron chi connectivity index (χ3n) is 3.92. The molecule has 0 aliphatic heterocycles. The summed E-state index contributed by atoms with van der Waals surface area (Å²) in [5.41, 5.74) is -0.777. The maximum Gasteiger partial charge on any atom is 0.311 e. The van der Waals surface area contributed by atoms with Gasteiger partial charge in [-0.05, 0) is 12.8 Å². The lowest BCUT2D eigenvalue weighted by molar-refractivity contribution is -0.151. The van der Waals surface area contributed by atoms with Gasteiger partial charge in [-0.1, -0.05) is 19.3 Å². The molecule has 1 aromatic heterocycles. The van der Waals surface area contributed by atoms with E-state index in [1.165, 1.54) is 6.33 Å². The Hall–Kier alpha value is -1.92. The fourth-order valence-electron chi connectivity index (χ4n) is 2.62. The molecule has 2 rings (SSSR count).